The van der Waals surface area contributed by atoms with Crippen LogP contribution in [0, 0.1) is 19.7 Å². The fourth-order valence-corrected chi connectivity index (χ4v) is 2.81. The van der Waals surface area contributed by atoms with Gasteiger partial charge in [0.05, 0.1) is 22.8 Å². The molecule has 1 atom stereocenters. The summed E-state index contributed by atoms with van der Waals surface area (Å²) in [6.45, 7) is 3.95. The summed E-state index contributed by atoms with van der Waals surface area (Å²) in [6, 6.07) is 7.05. The second-order valence-corrected chi connectivity index (χ2v) is 6.46. The van der Waals surface area contributed by atoms with Crippen LogP contribution in [0.4, 0.5) is 21.5 Å². The highest BCUT2D eigenvalue weighted by molar-refractivity contribution is 6.31. The van der Waals surface area contributed by atoms with Crippen molar-refractivity contribution in [3.05, 3.63) is 52.3 Å². The van der Waals surface area contributed by atoms with Crippen molar-refractivity contribution in [3.8, 4) is 0 Å². The summed E-state index contributed by atoms with van der Waals surface area (Å²) in [6.07, 6.45) is -0.0623. The molecule has 0 aromatic heterocycles. The quantitative estimate of drug-likeness (QED) is 0.777. The molecule has 5 nitrogen and oxygen atoms in total. The topological polar surface area (TPSA) is 70.2 Å². The van der Waals surface area contributed by atoms with Crippen LogP contribution in [0.2, 0.25) is 5.02 Å². The molecule has 0 spiro atoms. The molecule has 3 rings (SSSR count). The third-order valence-electron chi connectivity index (χ3n) is 4.13. The monoisotopic (exact) mass is 361 g/mol. The molecule has 130 valence electrons. The lowest BCUT2D eigenvalue weighted by Gasteiger charge is -2.27. The van der Waals surface area contributed by atoms with E-state index >= 15 is 0 Å². The molecule has 1 heterocycles. The third-order valence-corrected chi connectivity index (χ3v) is 4.42. The normalized spacial score (nSPS) is 15.8. The molecular weight excluding hydrogens is 345 g/mol. The Morgan fingerprint density at radius 1 is 1.20 bits per heavy atom. The van der Waals surface area contributed by atoms with Crippen molar-refractivity contribution in [2.75, 3.05) is 16.0 Å². The van der Waals surface area contributed by atoms with Gasteiger partial charge in [-0.3, -0.25) is 9.59 Å². The van der Waals surface area contributed by atoms with E-state index in [-0.39, 0.29) is 23.3 Å². The fraction of sp³-hybridized carbons (Fsp3) is 0.222. The van der Waals surface area contributed by atoms with Gasteiger partial charge < -0.3 is 16.0 Å². The summed E-state index contributed by atoms with van der Waals surface area (Å²) in [5, 5.41) is 8.44. The maximum Gasteiger partial charge on any atom is 0.247 e. The maximum absolute atomic E-state index is 13.2. The van der Waals surface area contributed by atoms with Crippen molar-refractivity contribution in [2.45, 2.75) is 26.3 Å². The van der Waals surface area contributed by atoms with Crippen molar-refractivity contribution < 1.29 is 14.0 Å². The number of hydrogen-bond donors (Lipinski definition) is 3. The Morgan fingerprint density at radius 2 is 1.88 bits per heavy atom. The standard InChI is InChI=1S/C18H17ClFN3O2/c1-9-5-14-15(6-10(9)2)23-18(25)16(22-14)8-17(24)21-11-3-4-13(20)12(19)7-11/h3-7,16,22H,8H2,1-2H3,(H,21,24)(H,23,25)/t16-/m0/s1. The number of anilines is 3. The first-order valence-electron chi connectivity index (χ1n) is 7.77. The first kappa shape index (κ1) is 17.2. The van der Waals surface area contributed by atoms with Crippen LogP contribution in [-0.2, 0) is 9.59 Å². The van der Waals surface area contributed by atoms with E-state index in [1.54, 1.807) is 0 Å². The number of amides is 2. The summed E-state index contributed by atoms with van der Waals surface area (Å²) >= 11 is 5.69. The molecule has 2 amide bonds. The minimum atomic E-state index is -0.689. The Kier molecular flexibility index (Phi) is 4.63. The molecule has 0 unspecified atom stereocenters. The first-order chi connectivity index (χ1) is 11.8. The van der Waals surface area contributed by atoms with Crippen LogP contribution in [0.1, 0.15) is 17.5 Å². The molecule has 25 heavy (non-hydrogen) atoms. The van der Waals surface area contributed by atoms with Gasteiger partial charge >= 0.3 is 0 Å². The van der Waals surface area contributed by atoms with Crippen LogP contribution in [0.25, 0.3) is 0 Å². The van der Waals surface area contributed by atoms with E-state index in [0.717, 1.165) is 16.8 Å². The Bertz CT molecular complexity index is 870. The maximum atomic E-state index is 13.2. The zero-order chi connectivity index (χ0) is 18.1. The Hall–Kier alpha value is -2.60. The molecule has 2 aromatic carbocycles. The molecule has 0 radical (unpaired) electrons. The molecule has 0 saturated heterocycles. The van der Waals surface area contributed by atoms with Crippen LogP contribution in [0.15, 0.2) is 30.3 Å². The Balaban J connectivity index is 1.69. The van der Waals surface area contributed by atoms with E-state index in [1.165, 1.54) is 18.2 Å². The van der Waals surface area contributed by atoms with E-state index in [2.05, 4.69) is 16.0 Å². The van der Waals surface area contributed by atoms with Gasteiger partial charge in [-0.25, -0.2) is 4.39 Å². The van der Waals surface area contributed by atoms with Crippen LogP contribution >= 0.6 is 11.6 Å². The number of benzene rings is 2. The number of carbonyl (C=O) groups excluding carboxylic acids is 2. The summed E-state index contributed by atoms with van der Waals surface area (Å²) in [5.74, 6) is -1.21. The molecule has 1 aliphatic rings. The molecule has 0 saturated carbocycles. The van der Waals surface area contributed by atoms with E-state index < -0.39 is 11.9 Å². The minimum absolute atomic E-state index is 0.0623. The summed E-state index contributed by atoms with van der Waals surface area (Å²) in [7, 11) is 0. The predicted octanol–water partition coefficient (Wildman–Crippen LogP) is 3.86. The van der Waals surface area contributed by atoms with Crippen molar-refractivity contribution in [1.29, 1.82) is 0 Å². The van der Waals surface area contributed by atoms with Gasteiger partial charge in [-0.1, -0.05) is 11.6 Å². The molecule has 2 aromatic rings. The van der Waals surface area contributed by atoms with Gasteiger partial charge in [-0.2, -0.15) is 0 Å². The van der Waals surface area contributed by atoms with Crippen molar-refractivity contribution >= 4 is 40.5 Å². The highest BCUT2D eigenvalue weighted by Crippen LogP contribution is 2.30. The van der Waals surface area contributed by atoms with Crippen LogP contribution in [0.5, 0.6) is 0 Å². The first-order valence-corrected chi connectivity index (χ1v) is 8.15. The average molecular weight is 362 g/mol. The van der Waals surface area contributed by atoms with Crippen molar-refractivity contribution in [2.24, 2.45) is 0 Å². The highest BCUT2D eigenvalue weighted by atomic mass is 35.5. The van der Waals surface area contributed by atoms with Gasteiger partial charge in [0.25, 0.3) is 0 Å². The fourth-order valence-electron chi connectivity index (χ4n) is 2.63. The van der Waals surface area contributed by atoms with Crippen molar-refractivity contribution in [1.82, 2.24) is 0 Å². The van der Waals surface area contributed by atoms with Gasteiger partial charge in [0.1, 0.15) is 11.9 Å². The lowest BCUT2D eigenvalue weighted by Crippen LogP contribution is -2.41. The number of halogens is 2. The number of nitrogens with one attached hydrogen (secondary N) is 3. The zero-order valence-corrected chi connectivity index (χ0v) is 14.5. The SMILES string of the molecule is Cc1cc2c(cc1C)N[C@@H](CC(=O)Nc1ccc(F)c(Cl)c1)C(=O)N2. The van der Waals surface area contributed by atoms with Gasteiger partial charge in [0.15, 0.2) is 0 Å². The molecule has 7 heteroatoms. The summed E-state index contributed by atoms with van der Waals surface area (Å²) in [5.41, 5.74) is 4.02. The van der Waals surface area contributed by atoms with E-state index in [0.29, 0.717) is 11.4 Å². The lowest BCUT2D eigenvalue weighted by atomic mass is 10.0. The van der Waals surface area contributed by atoms with Crippen LogP contribution < -0.4 is 16.0 Å². The van der Waals surface area contributed by atoms with Gasteiger partial charge in [0.2, 0.25) is 11.8 Å². The number of carbonyl (C=O) groups is 2. The second kappa shape index (κ2) is 6.72. The largest absolute Gasteiger partial charge is 0.372 e. The number of fused-ring (bicyclic) bond motifs is 1. The lowest BCUT2D eigenvalue weighted by molar-refractivity contribution is -0.122. The van der Waals surface area contributed by atoms with Crippen LogP contribution in [-0.4, -0.2) is 17.9 Å². The Morgan fingerprint density at radius 3 is 2.56 bits per heavy atom. The number of hydrogen-bond acceptors (Lipinski definition) is 3. The van der Waals surface area contributed by atoms with E-state index in [1.807, 2.05) is 26.0 Å². The molecular formula is C18H17ClFN3O2. The van der Waals surface area contributed by atoms with Gasteiger partial charge in [0, 0.05) is 5.69 Å². The number of rotatable bonds is 3. The third kappa shape index (κ3) is 3.74. The average Bonchev–Trinajstić information content (AvgIpc) is 2.54. The molecule has 0 fully saturated rings. The molecule has 0 aliphatic carbocycles. The van der Waals surface area contributed by atoms with Gasteiger partial charge in [-0.15, -0.1) is 0 Å². The minimum Gasteiger partial charge on any atom is -0.372 e. The number of aryl methyl sites for hydroxylation is 2. The summed E-state index contributed by atoms with van der Waals surface area (Å²) in [4.78, 5) is 24.4. The predicted molar refractivity (Wildman–Crippen MR) is 96.6 cm³/mol. The second-order valence-electron chi connectivity index (χ2n) is 6.05. The zero-order valence-electron chi connectivity index (χ0n) is 13.7. The van der Waals surface area contributed by atoms with Crippen LogP contribution in [0.3, 0.4) is 0 Å². The Labute approximate surface area is 149 Å². The smallest absolute Gasteiger partial charge is 0.247 e. The summed E-state index contributed by atoms with van der Waals surface area (Å²) < 4.78 is 13.2. The van der Waals surface area contributed by atoms with Crippen molar-refractivity contribution in [3.63, 3.8) is 0 Å². The highest BCUT2D eigenvalue weighted by Gasteiger charge is 2.28. The molecule has 1 aliphatic heterocycles. The van der Waals surface area contributed by atoms with Gasteiger partial charge in [-0.05, 0) is 55.3 Å². The van der Waals surface area contributed by atoms with E-state index in [4.69, 9.17) is 11.6 Å². The molecule has 0 bridgehead atoms. The molecule has 3 N–H and O–H groups in total. The van der Waals surface area contributed by atoms with E-state index in [9.17, 15) is 14.0 Å².